The molecule has 0 unspecified atom stereocenters. The minimum absolute atomic E-state index is 0.128. The highest BCUT2D eigenvalue weighted by atomic mass is 32.1. The smallest absolute Gasteiger partial charge is 0.0928 e. The summed E-state index contributed by atoms with van der Waals surface area (Å²) < 4.78 is 0. The Labute approximate surface area is 110 Å². The van der Waals surface area contributed by atoms with E-state index in [0.717, 1.165) is 19.1 Å². The topological polar surface area (TPSA) is 32.5 Å². The molecule has 1 aliphatic carbocycles. The van der Waals surface area contributed by atoms with Crippen LogP contribution in [0.2, 0.25) is 0 Å². The van der Waals surface area contributed by atoms with Gasteiger partial charge in [-0.15, -0.1) is 0 Å². The number of thiocarbonyl (C=S) groups is 1. The van der Waals surface area contributed by atoms with Crippen LogP contribution < -0.4 is 5.73 Å². The quantitative estimate of drug-likeness (QED) is 0.777. The van der Waals surface area contributed by atoms with Crippen LogP contribution >= 0.6 is 12.2 Å². The predicted molar refractivity (Wildman–Crippen MR) is 76.3 cm³/mol. The molecule has 1 aliphatic heterocycles. The van der Waals surface area contributed by atoms with Crippen molar-refractivity contribution >= 4 is 17.2 Å². The largest absolute Gasteiger partial charge is 0.392 e. The summed E-state index contributed by atoms with van der Waals surface area (Å²) in [7, 11) is 0. The maximum atomic E-state index is 5.83. The summed E-state index contributed by atoms with van der Waals surface area (Å²) >= 11 is 5.17. The van der Waals surface area contributed by atoms with E-state index in [2.05, 4.69) is 23.6 Å². The molecule has 0 aromatic heterocycles. The van der Waals surface area contributed by atoms with E-state index in [0.29, 0.717) is 4.99 Å². The van der Waals surface area contributed by atoms with Crippen molar-refractivity contribution in [1.29, 1.82) is 0 Å². The molecule has 1 saturated carbocycles. The SMILES string of the molecule is CC(C)(C(N)=S)N1CCN(C2CCCC2)CC1. The molecule has 0 spiro atoms. The van der Waals surface area contributed by atoms with E-state index in [1.54, 1.807) is 0 Å². The maximum absolute atomic E-state index is 5.83. The maximum Gasteiger partial charge on any atom is 0.0928 e. The first-order chi connectivity index (χ1) is 8.01. The van der Waals surface area contributed by atoms with Crippen LogP contribution in [0.4, 0.5) is 0 Å². The Morgan fingerprint density at radius 3 is 2.12 bits per heavy atom. The zero-order chi connectivity index (χ0) is 12.5. The fourth-order valence-electron chi connectivity index (χ4n) is 3.07. The molecule has 2 fully saturated rings. The number of nitrogens with two attached hydrogens (primary N) is 1. The van der Waals surface area contributed by atoms with Gasteiger partial charge in [0.2, 0.25) is 0 Å². The monoisotopic (exact) mass is 255 g/mol. The molecular formula is C13H25N3S. The molecule has 0 atom stereocenters. The van der Waals surface area contributed by atoms with Gasteiger partial charge in [0, 0.05) is 32.2 Å². The third-order valence-corrected chi connectivity index (χ3v) is 5.05. The van der Waals surface area contributed by atoms with Crippen molar-refractivity contribution in [3.63, 3.8) is 0 Å². The number of hydrogen-bond donors (Lipinski definition) is 1. The van der Waals surface area contributed by atoms with Crippen molar-refractivity contribution in [1.82, 2.24) is 9.80 Å². The minimum Gasteiger partial charge on any atom is -0.392 e. The van der Waals surface area contributed by atoms with Crippen molar-refractivity contribution in [3.8, 4) is 0 Å². The number of rotatable bonds is 3. The lowest BCUT2D eigenvalue weighted by molar-refractivity contribution is 0.0624. The standard InChI is InChI=1S/C13H25N3S/c1-13(2,12(14)17)16-9-7-15(8-10-16)11-5-3-4-6-11/h11H,3-10H2,1-2H3,(H2,14,17). The fourth-order valence-corrected chi connectivity index (χ4v) is 3.20. The normalized spacial score (nSPS) is 25.3. The Morgan fingerprint density at radius 1 is 1.12 bits per heavy atom. The number of hydrogen-bond acceptors (Lipinski definition) is 3. The molecule has 3 nitrogen and oxygen atoms in total. The van der Waals surface area contributed by atoms with Gasteiger partial charge in [0.25, 0.3) is 0 Å². The summed E-state index contributed by atoms with van der Waals surface area (Å²) in [6, 6.07) is 0.852. The third kappa shape index (κ3) is 2.80. The molecule has 0 amide bonds. The first kappa shape index (κ1) is 13.2. The van der Waals surface area contributed by atoms with Crippen molar-refractivity contribution in [2.24, 2.45) is 5.73 Å². The minimum atomic E-state index is -0.128. The number of nitrogens with zero attached hydrogens (tertiary/aromatic N) is 2. The molecule has 0 bridgehead atoms. The van der Waals surface area contributed by atoms with E-state index in [1.807, 2.05) is 0 Å². The van der Waals surface area contributed by atoms with E-state index in [-0.39, 0.29) is 5.54 Å². The van der Waals surface area contributed by atoms with Crippen LogP contribution in [0.5, 0.6) is 0 Å². The molecule has 17 heavy (non-hydrogen) atoms. The second-order valence-electron chi connectivity index (χ2n) is 5.88. The van der Waals surface area contributed by atoms with Crippen LogP contribution in [0.3, 0.4) is 0 Å². The van der Waals surface area contributed by atoms with Crippen molar-refractivity contribution in [3.05, 3.63) is 0 Å². The van der Waals surface area contributed by atoms with E-state index in [4.69, 9.17) is 18.0 Å². The molecule has 2 rings (SSSR count). The second-order valence-corrected chi connectivity index (χ2v) is 6.32. The summed E-state index contributed by atoms with van der Waals surface area (Å²) in [5, 5.41) is 0. The summed E-state index contributed by atoms with van der Waals surface area (Å²) in [5.74, 6) is 0. The second kappa shape index (κ2) is 5.21. The van der Waals surface area contributed by atoms with Gasteiger partial charge in [-0.05, 0) is 26.7 Å². The van der Waals surface area contributed by atoms with Crippen LogP contribution in [0.25, 0.3) is 0 Å². The fraction of sp³-hybridized carbons (Fsp3) is 0.923. The van der Waals surface area contributed by atoms with Crippen LogP contribution in [0.15, 0.2) is 0 Å². The molecule has 0 radical (unpaired) electrons. The van der Waals surface area contributed by atoms with E-state index in [1.165, 1.54) is 38.8 Å². The van der Waals surface area contributed by atoms with E-state index >= 15 is 0 Å². The molecular weight excluding hydrogens is 230 g/mol. The van der Waals surface area contributed by atoms with Gasteiger partial charge in [0.05, 0.1) is 10.5 Å². The van der Waals surface area contributed by atoms with Gasteiger partial charge in [-0.3, -0.25) is 9.80 Å². The lowest BCUT2D eigenvalue weighted by Crippen LogP contribution is -2.60. The Hall–Kier alpha value is -0.190. The molecule has 0 aromatic carbocycles. The van der Waals surface area contributed by atoms with Gasteiger partial charge in [0.1, 0.15) is 0 Å². The summed E-state index contributed by atoms with van der Waals surface area (Å²) in [5.41, 5.74) is 5.71. The Balaban J connectivity index is 1.87. The lowest BCUT2D eigenvalue weighted by atomic mass is 10.0. The molecule has 1 saturated heterocycles. The molecule has 2 aliphatic rings. The Morgan fingerprint density at radius 2 is 1.65 bits per heavy atom. The Bertz CT molecular complexity index is 276. The highest BCUT2D eigenvalue weighted by molar-refractivity contribution is 7.80. The zero-order valence-electron chi connectivity index (χ0n) is 11.1. The highest BCUT2D eigenvalue weighted by Gasteiger charge is 2.34. The summed E-state index contributed by atoms with van der Waals surface area (Å²) in [6.45, 7) is 8.83. The van der Waals surface area contributed by atoms with Crippen molar-refractivity contribution in [2.45, 2.75) is 51.1 Å². The third-order valence-electron chi connectivity index (χ3n) is 4.55. The van der Waals surface area contributed by atoms with Crippen molar-refractivity contribution in [2.75, 3.05) is 26.2 Å². The number of piperazine rings is 1. The van der Waals surface area contributed by atoms with Gasteiger partial charge in [-0.2, -0.15) is 0 Å². The lowest BCUT2D eigenvalue weighted by Gasteiger charge is -2.45. The van der Waals surface area contributed by atoms with E-state index in [9.17, 15) is 0 Å². The highest BCUT2D eigenvalue weighted by Crippen LogP contribution is 2.26. The summed E-state index contributed by atoms with van der Waals surface area (Å²) in [4.78, 5) is 5.71. The zero-order valence-corrected chi connectivity index (χ0v) is 11.9. The van der Waals surface area contributed by atoms with Crippen LogP contribution in [-0.4, -0.2) is 52.5 Å². The van der Waals surface area contributed by atoms with Gasteiger partial charge in [0.15, 0.2) is 0 Å². The van der Waals surface area contributed by atoms with Crippen LogP contribution in [0.1, 0.15) is 39.5 Å². The predicted octanol–water partition coefficient (Wildman–Crippen LogP) is 1.61. The average Bonchev–Trinajstić information content (AvgIpc) is 2.82. The molecule has 2 N–H and O–H groups in total. The van der Waals surface area contributed by atoms with Crippen LogP contribution in [0, 0.1) is 0 Å². The van der Waals surface area contributed by atoms with Gasteiger partial charge >= 0.3 is 0 Å². The van der Waals surface area contributed by atoms with Crippen molar-refractivity contribution < 1.29 is 0 Å². The van der Waals surface area contributed by atoms with Crippen LogP contribution in [-0.2, 0) is 0 Å². The molecule has 4 heteroatoms. The summed E-state index contributed by atoms with van der Waals surface area (Å²) in [6.07, 6.45) is 5.64. The van der Waals surface area contributed by atoms with Gasteiger partial charge < -0.3 is 5.73 Å². The van der Waals surface area contributed by atoms with E-state index < -0.39 is 0 Å². The first-order valence-corrected chi connectivity index (χ1v) is 7.21. The average molecular weight is 255 g/mol. The Kier molecular flexibility index (Phi) is 4.06. The van der Waals surface area contributed by atoms with Gasteiger partial charge in [-0.25, -0.2) is 0 Å². The molecule has 98 valence electrons. The van der Waals surface area contributed by atoms with Gasteiger partial charge in [-0.1, -0.05) is 25.1 Å². The molecule has 1 heterocycles. The molecule has 0 aromatic rings. The first-order valence-electron chi connectivity index (χ1n) is 6.81.